The third-order valence-corrected chi connectivity index (χ3v) is 2.99. The van der Waals surface area contributed by atoms with Gasteiger partial charge in [0.15, 0.2) is 0 Å². The summed E-state index contributed by atoms with van der Waals surface area (Å²) in [6.45, 7) is 2.44. The van der Waals surface area contributed by atoms with Crippen molar-refractivity contribution in [3.8, 4) is 0 Å². The average Bonchev–Trinajstić information content (AvgIpc) is 2.80. The number of hydrogen-bond acceptors (Lipinski definition) is 2. The van der Waals surface area contributed by atoms with E-state index in [0.29, 0.717) is 5.92 Å². The van der Waals surface area contributed by atoms with Crippen molar-refractivity contribution in [1.29, 1.82) is 0 Å². The summed E-state index contributed by atoms with van der Waals surface area (Å²) in [6.07, 6.45) is 4.68. The van der Waals surface area contributed by atoms with Crippen molar-refractivity contribution in [3.63, 3.8) is 0 Å². The van der Waals surface area contributed by atoms with Crippen LogP contribution in [-0.4, -0.2) is 16.7 Å². The zero-order valence-electron chi connectivity index (χ0n) is 7.20. The highest BCUT2D eigenvalue weighted by molar-refractivity contribution is 5.31. The first-order valence-electron chi connectivity index (χ1n) is 4.31. The van der Waals surface area contributed by atoms with Crippen molar-refractivity contribution in [2.24, 2.45) is 5.92 Å². The van der Waals surface area contributed by atoms with E-state index < -0.39 is 0 Å². The summed E-state index contributed by atoms with van der Waals surface area (Å²) in [6, 6.07) is 4.00. The second-order valence-electron chi connectivity index (χ2n) is 3.66. The molecule has 1 N–H and O–H groups in total. The van der Waals surface area contributed by atoms with Crippen molar-refractivity contribution in [3.05, 3.63) is 30.1 Å². The van der Waals surface area contributed by atoms with Gasteiger partial charge in [0, 0.05) is 17.8 Å². The largest absolute Gasteiger partial charge is 0.395 e. The molecule has 64 valence electrons. The van der Waals surface area contributed by atoms with Crippen LogP contribution in [0, 0.1) is 5.92 Å². The van der Waals surface area contributed by atoms with Gasteiger partial charge in [0.05, 0.1) is 6.61 Å². The minimum absolute atomic E-state index is 0.0585. The fourth-order valence-electron chi connectivity index (χ4n) is 1.89. The van der Waals surface area contributed by atoms with E-state index in [1.165, 1.54) is 5.56 Å². The minimum atomic E-state index is 0.0585. The van der Waals surface area contributed by atoms with E-state index in [1.807, 2.05) is 12.1 Å². The van der Waals surface area contributed by atoms with E-state index in [2.05, 4.69) is 11.9 Å². The molecular weight excluding hydrogens is 150 g/mol. The first-order chi connectivity index (χ1) is 5.79. The summed E-state index contributed by atoms with van der Waals surface area (Å²) >= 11 is 0. The van der Waals surface area contributed by atoms with Gasteiger partial charge in [0.25, 0.3) is 0 Å². The number of hydrogen-bond donors (Lipinski definition) is 1. The van der Waals surface area contributed by atoms with Gasteiger partial charge in [-0.25, -0.2) is 0 Å². The molecule has 0 spiro atoms. The van der Waals surface area contributed by atoms with E-state index in [0.717, 1.165) is 6.42 Å². The molecule has 2 heteroatoms. The second kappa shape index (κ2) is 2.56. The molecule has 2 nitrogen and oxygen atoms in total. The Morgan fingerprint density at radius 3 is 2.58 bits per heavy atom. The number of aliphatic hydroxyl groups is 1. The Morgan fingerprint density at radius 1 is 1.58 bits per heavy atom. The lowest BCUT2D eigenvalue weighted by molar-refractivity contribution is 0.247. The highest BCUT2D eigenvalue weighted by Crippen LogP contribution is 2.53. The van der Waals surface area contributed by atoms with Crippen LogP contribution in [0.3, 0.4) is 0 Å². The van der Waals surface area contributed by atoms with Crippen molar-refractivity contribution in [1.82, 2.24) is 4.98 Å². The van der Waals surface area contributed by atoms with Gasteiger partial charge in [-0.05, 0) is 30.0 Å². The predicted octanol–water partition coefficient (Wildman–Crippen LogP) is 1.35. The Bertz CT molecular complexity index is 268. The van der Waals surface area contributed by atoms with Crippen molar-refractivity contribution >= 4 is 0 Å². The molecule has 1 aliphatic carbocycles. The first kappa shape index (κ1) is 7.74. The SMILES string of the molecule is CC1CC1(CO)c1ccncc1. The zero-order chi connectivity index (χ0) is 8.60. The van der Waals surface area contributed by atoms with Crippen LogP contribution in [0.25, 0.3) is 0 Å². The third kappa shape index (κ3) is 0.950. The number of rotatable bonds is 2. The molecule has 12 heavy (non-hydrogen) atoms. The smallest absolute Gasteiger partial charge is 0.0530 e. The summed E-state index contributed by atoms with van der Waals surface area (Å²) < 4.78 is 0. The molecular formula is C10H13NO. The molecule has 0 aromatic carbocycles. The molecule has 0 bridgehead atoms. The molecule has 1 fully saturated rings. The second-order valence-corrected chi connectivity index (χ2v) is 3.66. The van der Waals surface area contributed by atoms with E-state index in [1.54, 1.807) is 12.4 Å². The fourth-order valence-corrected chi connectivity index (χ4v) is 1.89. The van der Waals surface area contributed by atoms with Gasteiger partial charge in [0.2, 0.25) is 0 Å². The number of pyridine rings is 1. The van der Waals surface area contributed by atoms with Crippen molar-refractivity contribution in [2.75, 3.05) is 6.61 Å². The van der Waals surface area contributed by atoms with Gasteiger partial charge in [-0.15, -0.1) is 0 Å². The average molecular weight is 163 g/mol. The summed E-state index contributed by atoms with van der Waals surface area (Å²) in [4.78, 5) is 3.96. The summed E-state index contributed by atoms with van der Waals surface area (Å²) in [5.74, 6) is 0.616. The normalized spacial score (nSPS) is 33.3. The standard InChI is InChI=1S/C10H13NO/c1-8-6-10(8,7-12)9-2-4-11-5-3-9/h2-5,8,12H,6-7H2,1H3. The van der Waals surface area contributed by atoms with Crippen molar-refractivity contribution in [2.45, 2.75) is 18.8 Å². The molecule has 0 amide bonds. The lowest BCUT2D eigenvalue weighted by Crippen LogP contribution is -2.14. The Kier molecular flexibility index (Phi) is 1.65. The Hall–Kier alpha value is -0.890. The van der Waals surface area contributed by atoms with Gasteiger partial charge in [-0.2, -0.15) is 0 Å². The Labute approximate surface area is 72.3 Å². The quantitative estimate of drug-likeness (QED) is 0.714. The lowest BCUT2D eigenvalue weighted by Gasteiger charge is -2.12. The van der Waals surface area contributed by atoms with E-state index in [-0.39, 0.29) is 12.0 Å². The highest BCUT2D eigenvalue weighted by atomic mass is 16.3. The highest BCUT2D eigenvalue weighted by Gasteiger charge is 2.51. The maximum Gasteiger partial charge on any atom is 0.0530 e. The van der Waals surface area contributed by atoms with E-state index >= 15 is 0 Å². The van der Waals surface area contributed by atoms with Crippen LogP contribution in [0.4, 0.5) is 0 Å². The molecule has 1 aromatic rings. The van der Waals surface area contributed by atoms with Gasteiger partial charge >= 0.3 is 0 Å². The summed E-state index contributed by atoms with van der Waals surface area (Å²) in [5, 5.41) is 9.26. The fraction of sp³-hybridized carbons (Fsp3) is 0.500. The molecule has 1 aliphatic rings. The Morgan fingerprint density at radius 2 is 2.17 bits per heavy atom. The number of aliphatic hydroxyl groups excluding tert-OH is 1. The summed E-state index contributed by atoms with van der Waals surface area (Å²) in [7, 11) is 0. The van der Waals surface area contributed by atoms with Gasteiger partial charge in [-0.1, -0.05) is 6.92 Å². The molecule has 2 unspecified atom stereocenters. The maximum absolute atomic E-state index is 9.26. The van der Waals surface area contributed by atoms with Crippen LogP contribution in [0.5, 0.6) is 0 Å². The van der Waals surface area contributed by atoms with Gasteiger partial charge < -0.3 is 5.11 Å². The molecule has 1 heterocycles. The van der Waals surface area contributed by atoms with Gasteiger partial charge in [0.1, 0.15) is 0 Å². The molecule has 1 aromatic heterocycles. The number of nitrogens with zero attached hydrogens (tertiary/aromatic N) is 1. The predicted molar refractivity (Wildman–Crippen MR) is 46.8 cm³/mol. The van der Waals surface area contributed by atoms with Crippen LogP contribution < -0.4 is 0 Å². The molecule has 2 rings (SSSR count). The maximum atomic E-state index is 9.26. The molecule has 0 saturated heterocycles. The molecule has 2 atom stereocenters. The third-order valence-electron chi connectivity index (χ3n) is 2.99. The molecule has 1 saturated carbocycles. The van der Waals surface area contributed by atoms with Crippen molar-refractivity contribution < 1.29 is 5.11 Å². The minimum Gasteiger partial charge on any atom is -0.395 e. The van der Waals surface area contributed by atoms with Crippen LogP contribution >= 0.6 is 0 Å². The molecule has 0 radical (unpaired) electrons. The Balaban J connectivity index is 2.31. The monoisotopic (exact) mass is 163 g/mol. The number of aromatic nitrogens is 1. The zero-order valence-corrected chi connectivity index (χ0v) is 7.20. The first-order valence-corrected chi connectivity index (χ1v) is 4.31. The topological polar surface area (TPSA) is 33.1 Å². The van der Waals surface area contributed by atoms with Crippen LogP contribution in [0.1, 0.15) is 18.9 Å². The van der Waals surface area contributed by atoms with Gasteiger partial charge in [-0.3, -0.25) is 4.98 Å². The van der Waals surface area contributed by atoms with E-state index in [4.69, 9.17) is 0 Å². The van der Waals surface area contributed by atoms with Crippen LogP contribution in [-0.2, 0) is 5.41 Å². The summed E-state index contributed by atoms with van der Waals surface area (Å²) in [5.41, 5.74) is 1.29. The molecule has 0 aliphatic heterocycles. The van der Waals surface area contributed by atoms with Crippen LogP contribution in [0.15, 0.2) is 24.5 Å². The van der Waals surface area contributed by atoms with E-state index in [9.17, 15) is 5.11 Å². The van der Waals surface area contributed by atoms with Crippen LogP contribution in [0.2, 0.25) is 0 Å². The lowest BCUT2D eigenvalue weighted by atomic mass is 9.96.